The lowest BCUT2D eigenvalue weighted by molar-refractivity contribution is -0.402. The fourth-order valence-electron chi connectivity index (χ4n) is 3.03. The third-order valence-electron chi connectivity index (χ3n) is 4.34. The molecule has 0 saturated carbocycles. The summed E-state index contributed by atoms with van der Waals surface area (Å²) in [6.45, 7) is 0. The van der Waals surface area contributed by atoms with E-state index in [1.54, 1.807) is 0 Å². The van der Waals surface area contributed by atoms with Gasteiger partial charge in [-0.2, -0.15) is 26.3 Å². The van der Waals surface area contributed by atoms with Crippen LogP contribution < -0.4 is 9.83 Å². The Morgan fingerprint density at radius 3 is 1.85 bits per heavy atom. The summed E-state index contributed by atoms with van der Waals surface area (Å²) in [5.74, 6) is -0.654. The van der Waals surface area contributed by atoms with Gasteiger partial charge in [-0.3, -0.25) is 4.57 Å². The van der Waals surface area contributed by atoms with E-state index in [9.17, 15) is 41.1 Å². The van der Waals surface area contributed by atoms with Crippen LogP contribution in [0.5, 0.6) is 5.75 Å². The Kier molecular flexibility index (Phi) is 4.19. The molecule has 0 saturated heterocycles. The summed E-state index contributed by atoms with van der Waals surface area (Å²) in [6, 6.07) is 9.55. The predicted octanol–water partition coefficient (Wildman–Crippen LogP) is 3.68. The van der Waals surface area contributed by atoms with Gasteiger partial charge in [0.05, 0.1) is 5.30 Å². The first-order valence-corrected chi connectivity index (χ1v) is 8.96. The Labute approximate surface area is 148 Å². The van der Waals surface area contributed by atoms with Gasteiger partial charge in [0.1, 0.15) is 5.75 Å². The van der Waals surface area contributed by atoms with E-state index in [2.05, 4.69) is 0 Å². The fraction of sp³-hybridized carbons (Fsp3) is 0.250. The van der Waals surface area contributed by atoms with Crippen LogP contribution in [0.25, 0.3) is 0 Å². The Morgan fingerprint density at radius 1 is 0.852 bits per heavy atom. The van der Waals surface area contributed by atoms with Crippen molar-refractivity contribution in [1.29, 1.82) is 0 Å². The molecule has 146 valence electrons. The van der Waals surface area contributed by atoms with Crippen molar-refractivity contribution >= 4 is 12.7 Å². The number of fused-ring (bicyclic) bond motifs is 1. The number of halogens is 6. The highest BCUT2D eigenvalue weighted by atomic mass is 31.2. The minimum absolute atomic E-state index is 0.615. The van der Waals surface area contributed by atoms with Gasteiger partial charge in [0, 0.05) is 5.56 Å². The van der Waals surface area contributed by atoms with Crippen molar-refractivity contribution in [1.82, 2.24) is 0 Å². The molecule has 0 amide bonds. The Balaban J connectivity index is 2.45. The Morgan fingerprint density at radius 2 is 1.33 bits per heavy atom. The smallest absolute Gasteiger partial charge is 0.430 e. The molecule has 1 aliphatic heterocycles. The molecule has 0 bridgehead atoms. The molecule has 1 aliphatic rings. The van der Waals surface area contributed by atoms with Gasteiger partial charge >= 0.3 is 25.3 Å². The van der Waals surface area contributed by atoms with Gasteiger partial charge < -0.3 is 14.7 Å². The van der Waals surface area contributed by atoms with Gasteiger partial charge in [-0.25, -0.2) is 0 Å². The minimum atomic E-state index is -6.43. The molecular formula is C16H11F6O4P. The Hall–Kier alpha value is -2.03. The van der Waals surface area contributed by atoms with Crippen LogP contribution in [-0.2, 0) is 9.91 Å². The third-order valence-corrected chi connectivity index (χ3v) is 7.19. The van der Waals surface area contributed by atoms with Crippen LogP contribution in [0, 0.1) is 0 Å². The molecule has 2 N–H and O–H groups in total. The van der Waals surface area contributed by atoms with Crippen LogP contribution in [-0.4, -0.2) is 28.2 Å². The summed E-state index contributed by atoms with van der Waals surface area (Å²) in [4.78, 5) is 0. The number of benzene rings is 2. The summed E-state index contributed by atoms with van der Waals surface area (Å²) in [5.41, 5.74) is -6.83. The quantitative estimate of drug-likeness (QED) is 0.584. The van der Waals surface area contributed by atoms with Crippen molar-refractivity contribution in [2.45, 2.75) is 23.3 Å². The molecule has 2 aromatic carbocycles. The van der Waals surface area contributed by atoms with Gasteiger partial charge in [-0.1, -0.05) is 36.4 Å². The van der Waals surface area contributed by atoms with E-state index in [4.69, 9.17) is 4.52 Å². The minimum Gasteiger partial charge on any atom is -0.437 e. The molecule has 2 atom stereocenters. The zero-order valence-electron chi connectivity index (χ0n) is 13.1. The van der Waals surface area contributed by atoms with Crippen molar-refractivity contribution < 1.29 is 45.6 Å². The number of alkyl halides is 6. The summed E-state index contributed by atoms with van der Waals surface area (Å²) >= 11 is 0. The third kappa shape index (κ3) is 2.36. The summed E-state index contributed by atoms with van der Waals surface area (Å²) in [7, 11) is -5.38. The molecule has 1 heterocycles. The maximum atomic E-state index is 13.5. The van der Waals surface area contributed by atoms with Crippen molar-refractivity contribution in [3.05, 3.63) is 60.2 Å². The van der Waals surface area contributed by atoms with E-state index < -0.39 is 47.3 Å². The van der Waals surface area contributed by atoms with Crippen LogP contribution in [0.15, 0.2) is 54.6 Å². The number of rotatable bonds is 2. The van der Waals surface area contributed by atoms with E-state index in [1.165, 1.54) is 24.3 Å². The first-order chi connectivity index (χ1) is 12.3. The molecule has 11 heteroatoms. The zero-order chi connectivity index (χ0) is 20.3. The van der Waals surface area contributed by atoms with Gasteiger partial charge in [0.25, 0.3) is 0 Å². The molecule has 0 aliphatic carbocycles. The summed E-state index contributed by atoms with van der Waals surface area (Å²) in [5, 5.41) is 15.8. The molecule has 0 aromatic heterocycles. The highest BCUT2D eigenvalue weighted by molar-refractivity contribution is 7.68. The lowest BCUT2D eigenvalue weighted by Gasteiger charge is -2.44. The predicted molar refractivity (Wildman–Crippen MR) is 81.7 cm³/mol. The second kappa shape index (κ2) is 5.73. The lowest BCUT2D eigenvalue weighted by Crippen LogP contribution is -2.69. The monoisotopic (exact) mass is 412 g/mol. The number of hydrogen-bond acceptors (Lipinski definition) is 4. The standard InChI is InChI=1S/C16H11F6O4P/c17-15(18,19)14(24,16(20,21)22)13(23)11-8-4-5-9-12(11)26-27(13,25)10-6-2-1-3-7-10/h1-9,23-24H. The van der Waals surface area contributed by atoms with Crippen LogP contribution in [0.4, 0.5) is 26.3 Å². The average Bonchev–Trinajstić information content (AvgIpc) is 2.83. The van der Waals surface area contributed by atoms with E-state index in [0.29, 0.717) is 6.07 Å². The second-order valence-corrected chi connectivity index (χ2v) is 8.30. The van der Waals surface area contributed by atoms with E-state index in [-0.39, 0.29) is 0 Å². The second-order valence-electron chi connectivity index (χ2n) is 5.85. The molecule has 2 aromatic rings. The lowest BCUT2D eigenvalue weighted by atomic mass is 9.88. The fourth-order valence-corrected chi connectivity index (χ4v) is 5.82. The number of hydrogen-bond donors (Lipinski definition) is 2. The van der Waals surface area contributed by atoms with Gasteiger partial charge in [0.15, 0.2) is 0 Å². The van der Waals surface area contributed by atoms with Crippen molar-refractivity contribution in [2.75, 3.05) is 0 Å². The van der Waals surface area contributed by atoms with Crippen LogP contribution >= 0.6 is 7.37 Å². The molecule has 0 spiro atoms. The Bertz CT molecular complexity index is 897. The maximum absolute atomic E-state index is 13.5. The molecule has 3 rings (SSSR count). The van der Waals surface area contributed by atoms with Crippen LogP contribution in [0.1, 0.15) is 5.56 Å². The topological polar surface area (TPSA) is 66.8 Å². The molecule has 0 radical (unpaired) electrons. The zero-order valence-corrected chi connectivity index (χ0v) is 14.0. The van der Waals surface area contributed by atoms with Gasteiger partial charge in [-0.05, 0) is 18.2 Å². The molecule has 0 fully saturated rings. The van der Waals surface area contributed by atoms with Crippen LogP contribution in [0.2, 0.25) is 0 Å². The van der Waals surface area contributed by atoms with Crippen molar-refractivity contribution in [3.8, 4) is 5.75 Å². The normalized spacial score (nSPS) is 25.8. The summed E-state index contributed by atoms with van der Waals surface area (Å²) in [6.07, 6.45) is -12.9. The van der Waals surface area contributed by atoms with E-state index >= 15 is 0 Å². The summed E-state index contributed by atoms with van der Waals surface area (Å²) < 4.78 is 99.7. The van der Waals surface area contributed by atoms with E-state index in [1.807, 2.05) is 0 Å². The van der Waals surface area contributed by atoms with Gasteiger partial charge in [0.2, 0.25) is 5.34 Å². The molecular weight excluding hydrogens is 401 g/mol. The average molecular weight is 412 g/mol. The van der Waals surface area contributed by atoms with Crippen LogP contribution in [0.3, 0.4) is 0 Å². The maximum Gasteiger partial charge on any atom is 0.430 e. The van der Waals surface area contributed by atoms with Crippen molar-refractivity contribution in [3.63, 3.8) is 0 Å². The highest BCUT2D eigenvalue weighted by Gasteiger charge is 2.87. The molecule has 4 nitrogen and oxygen atoms in total. The van der Waals surface area contributed by atoms with E-state index in [0.717, 1.165) is 24.3 Å². The SMILES string of the molecule is O=P1(c2ccccc2)Oc2ccccc2C1(O)C(O)(C(F)(F)F)C(F)(F)F. The first kappa shape index (κ1) is 19.7. The largest absolute Gasteiger partial charge is 0.437 e. The molecule has 2 unspecified atom stereocenters. The van der Waals surface area contributed by atoms with Gasteiger partial charge in [-0.15, -0.1) is 0 Å². The van der Waals surface area contributed by atoms with Crippen molar-refractivity contribution in [2.24, 2.45) is 0 Å². The molecule has 27 heavy (non-hydrogen) atoms. The first-order valence-electron chi connectivity index (χ1n) is 7.34. The number of para-hydroxylation sites is 1. The number of aliphatic hydroxyl groups is 2. The highest BCUT2D eigenvalue weighted by Crippen LogP contribution is 2.75.